The Morgan fingerprint density at radius 3 is 2.75 bits per heavy atom. The molecule has 0 amide bonds. The number of imidazole rings is 1. The van der Waals surface area contributed by atoms with Crippen LogP contribution >= 0.6 is 11.6 Å². The summed E-state index contributed by atoms with van der Waals surface area (Å²) in [5, 5.41) is -0.136. The van der Waals surface area contributed by atoms with Gasteiger partial charge < -0.3 is 9.30 Å². The SMILES string of the molecule is Cc1ccnc2c1nc(C(C)Cl)n2C1(C)CCOCC1. The highest BCUT2D eigenvalue weighted by atomic mass is 35.5. The van der Waals surface area contributed by atoms with Gasteiger partial charge in [-0.25, -0.2) is 9.97 Å². The predicted octanol–water partition coefficient (Wildman–Crippen LogP) is 3.57. The molecule has 1 saturated heterocycles. The van der Waals surface area contributed by atoms with Gasteiger partial charge in [0.05, 0.1) is 5.38 Å². The van der Waals surface area contributed by atoms with Crippen LogP contribution in [0, 0.1) is 6.92 Å². The third-order valence-corrected chi connectivity index (χ3v) is 4.43. The Labute approximate surface area is 124 Å². The lowest BCUT2D eigenvalue weighted by molar-refractivity contribution is 0.0298. The minimum Gasteiger partial charge on any atom is -0.381 e. The van der Waals surface area contributed by atoms with Gasteiger partial charge in [0.25, 0.3) is 0 Å². The predicted molar refractivity (Wildman–Crippen MR) is 80.2 cm³/mol. The maximum atomic E-state index is 6.37. The number of alkyl halides is 1. The number of pyridine rings is 1. The first-order valence-electron chi connectivity index (χ1n) is 7.09. The monoisotopic (exact) mass is 293 g/mol. The highest BCUT2D eigenvalue weighted by Gasteiger charge is 2.34. The molecule has 1 aliphatic rings. The fourth-order valence-electron chi connectivity index (χ4n) is 2.94. The van der Waals surface area contributed by atoms with Crippen LogP contribution in [0.1, 0.15) is 43.5 Å². The average Bonchev–Trinajstić information content (AvgIpc) is 2.81. The van der Waals surface area contributed by atoms with Crippen molar-refractivity contribution in [2.24, 2.45) is 0 Å². The third-order valence-electron chi connectivity index (χ3n) is 4.24. The molecule has 0 bridgehead atoms. The molecule has 1 aliphatic heterocycles. The van der Waals surface area contributed by atoms with E-state index < -0.39 is 0 Å². The molecule has 0 saturated carbocycles. The highest BCUT2D eigenvalue weighted by Crippen LogP contribution is 2.36. The van der Waals surface area contributed by atoms with Gasteiger partial charge in [-0.05, 0) is 45.2 Å². The molecule has 0 N–H and O–H groups in total. The van der Waals surface area contributed by atoms with Gasteiger partial charge in [0, 0.05) is 24.9 Å². The van der Waals surface area contributed by atoms with Crippen LogP contribution in [0.3, 0.4) is 0 Å². The minimum absolute atomic E-state index is 0.0216. The summed E-state index contributed by atoms with van der Waals surface area (Å²) in [7, 11) is 0. The Bertz CT molecular complexity index is 629. The van der Waals surface area contributed by atoms with Crippen LogP contribution in [0.2, 0.25) is 0 Å². The standard InChI is InChI=1S/C15H20ClN3O/c1-10-4-7-17-14-12(10)18-13(11(2)16)19(14)15(3)5-8-20-9-6-15/h4,7,11H,5-6,8-9H2,1-3H3. The topological polar surface area (TPSA) is 39.9 Å². The third kappa shape index (κ3) is 2.11. The van der Waals surface area contributed by atoms with Crippen molar-refractivity contribution in [1.29, 1.82) is 0 Å². The summed E-state index contributed by atoms with van der Waals surface area (Å²) < 4.78 is 7.76. The van der Waals surface area contributed by atoms with Gasteiger partial charge in [-0.3, -0.25) is 0 Å². The van der Waals surface area contributed by atoms with Gasteiger partial charge in [-0.15, -0.1) is 11.6 Å². The van der Waals surface area contributed by atoms with E-state index in [-0.39, 0.29) is 10.9 Å². The number of hydrogen-bond acceptors (Lipinski definition) is 3. The first kappa shape index (κ1) is 13.8. The molecule has 1 atom stereocenters. The first-order valence-corrected chi connectivity index (χ1v) is 7.53. The molecule has 20 heavy (non-hydrogen) atoms. The second kappa shape index (κ2) is 5.01. The van der Waals surface area contributed by atoms with E-state index >= 15 is 0 Å². The lowest BCUT2D eigenvalue weighted by atomic mass is 9.91. The van der Waals surface area contributed by atoms with Crippen molar-refractivity contribution < 1.29 is 4.74 Å². The zero-order valence-corrected chi connectivity index (χ0v) is 12.9. The molecule has 0 radical (unpaired) electrons. The lowest BCUT2D eigenvalue weighted by Crippen LogP contribution is -2.38. The van der Waals surface area contributed by atoms with Gasteiger partial charge in [-0.2, -0.15) is 0 Å². The molecule has 0 aliphatic carbocycles. The molecule has 0 aromatic carbocycles. The van der Waals surface area contributed by atoms with Crippen molar-refractivity contribution in [3.63, 3.8) is 0 Å². The fraction of sp³-hybridized carbons (Fsp3) is 0.600. The molecule has 108 valence electrons. The van der Waals surface area contributed by atoms with Crippen LogP contribution < -0.4 is 0 Å². The number of aromatic nitrogens is 3. The Balaban J connectivity index is 2.26. The normalized spacial score (nSPS) is 20.2. The Kier molecular flexibility index (Phi) is 3.46. The van der Waals surface area contributed by atoms with E-state index in [2.05, 4.69) is 23.4 Å². The molecule has 3 heterocycles. The molecule has 1 unspecified atom stereocenters. The summed E-state index contributed by atoms with van der Waals surface area (Å²) in [6.45, 7) is 7.84. The summed E-state index contributed by atoms with van der Waals surface area (Å²) in [4.78, 5) is 9.33. The molecule has 0 spiro atoms. The van der Waals surface area contributed by atoms with Gasteiger partial charge in [0.1, 0.15) is 11.3 Å². The van der Waals surface area contributed by atoms with Crippen molar-refractivity contribution in [3.8, 4) is 0 Å². The summed E-state index contributed by atoms with van der Waals surface area (Å²) in [5.74, 6) is 0.910. The Morgan fingerprint density at radius 1 is 1.40 bits per heavy atom. The van der Waals surface area contributed by atoms with E-state index in [0.717, 1.165) is 48.6 Å². The highest BCUT2D eigenvalue weighted by molar-refractivity contribution is 6.20. The molecule has 1 fully saturated rings. The van der Waals surface area contributed by atoms with Crippen LogP contribution in [-0.2, 0) is 10.3 Å². The van der Waals surface area contributed by atoms with Crippen molar-refractivity contribution in [1.82, 2.24) is 14.5 Å². The molecule has 2 aromatic heterocycles. The van der Waals surface area contributed by atoms with E-state index in [9.17, 15) is 0 Å². The second-order valence-corrected chi connectivity index (χ2v) is 6.49. The first-order chi connectivity index (χ1) is 9.53. The van der Waals surface area contributed by atoms with E-state index in [1.165, 1.54) is 0 Å². The van der Waals surface area contributed by atoms with Crippen molar-refractivity contribution in [3.05, 3.63) is 23.7 Å². The van der Waals surface area contributed by atoms with E-state index in [4.69, 9.17) is 21.3 Å². The van der Waals surface area contributed by atoms with Crippen molar-refractivity contribution >= 4 is 22.8 Å². The van der Waals surface area contributed by atoms with E-state index in [0.29, 0.717) is 0 Å². The molecule has 4 nitrogen and oxygen atoms in total. The Morgan fingerprint density at radius 2 is 2.10 bits per heavy atom. The largest absolute Gasteiger partial charge is 0.381 e. The van der Waals surface area contributed by atoms with Gasteiger partial charge in [0.15, 0.2) is 5.65 Å². The van der Waals surface area contributed by atoms with Crippen molar-refractivity contribution in [2.75, 3.05) is 13.2 Å². The summed E-state index contributed by atoms with van der Waals surface area (Å²) in [6, 6.07) is 1.99. The summed E-state index contributed by atoms with van der Waals surface area (Å²) in [5.41, 5.74) is 3.02. The number of fused-ring (bicyclic) bond motifs is 1. The van der Waals surface area contributed by atoms with Gasteiger partial charge in [0.2, 0.25) is 0 Å². The average molecular weight is 294 g/mol. The maximum Gasteiger partial charge on any atom is 0.160 e. The number of aryl methyl sites for hydroxylation is 1. The number of halogens is 1. The molecule has 2 aromatic rings. The number of nitrogens with zero attached hydrogens (tertiary/aromatic N) is 3. The smallest absolute Gasteiger partial charge is 0.160 e. The number of rotatable bonds is 2. The molecular weight excluding hydrogens is 274 g/mol. The van der Waals surface area contributed by atoms with Gasteiger partial charge in [-0.1, -0.05) is 0 Å². The summed E-state index contributed by atoms with van der Waals surface area (Å²) >= 11 is 6.37. The zero-order chi connectivity index (χ0) is 14.3. The second-order valence-electron chi connectivity index (χ2n) is 5.83. The van der Waals surface area contributed by atoms with Gasteiger partial charge >= 0.3 is 0 Å². The Hall–Kier alpha value is -1.13. The van der Waals surface area contributed by atoms with Crippen LogP contribution in [-0.4, -0.2) is 27.7 Å². The fourth-order valence-corrected chi connectivity index (χ4v) is 3.09. The summed E-state index contributed by atoms with van der Waals surface area (Å²) in [6.07, 6.45) is 3.77. The quantitative estimate of drug-likeness (QED) is 0.795. The van der Waals surface area contributed by atoms with E-state index in [1.54, 1.807) is 0 Å². The molecule has 3 rings (SSSR count). The van der Waals surface area contributed by atoms with E-state index in [1.807, 2.05) is 19.2 Å². The van der Waals surface area contributed by atoms with Crippen LogP contribution in [0.25, 0.3) is 11.2 Å². The molecular formula is C15H20ClN3O. The van der Waals surface area contributed by atoms with Crippen LogP contribution in [0.5, 0.6) is 0 Å². The van der Waals surface area contributed by atoms with Crippen LogP contribution in [0.4, 0.5) is 0 Å². The lowest BCUT2D eigenvalue weighted by Gasteiger charge is -2.36. The van der Waals surface area contributed by atoms with Crippen LogP contribution in [0.15, 0.2) is 12.3 Å². The zero-order valence-electron chi connectivity index (χ0n) is 12.2. The molecule has 5 heteroatoms. The number of ether oxygens (including phenoxy) is 1. The minimum atomic E-state index is -0.136. The number of hydrogen-bond donors (Lipinski definition) is 0. The maximum absolute atomic E-state index is 6.37. The van der Waals surface area contributed by atoms with Crippen molar-refractivity contribution in [2.45, 2.75) is 44.5 Å².